The van der Waals surface area contributed by atoms with Crippen LogP contribution in [0, 0.1) is 18.3 Å². The van der Waals surface area contributed by atoms with Crippen molar-refractivity contribution in [3.05, 3.63) is 268 Å². The van der Waals surface area contributed by atoms with E-state index in [2.05, 4.69) is 6.07 Å². The first-order valence-corrected chi connectivity index (χ1v) is 31.0. The molecular formula is C78H39F21N6. The van der Waals surface area contributed by atoms with Crippen molar-refractivity contribution in [3.63, 3.8) is 0 Å². The number of alkyl halides is 21. The first kappa shape index (κ1) is 70.1. The van der Waals surface area contributed by atoms with Crippen molar-refractivity contribution < 1.29 is 92.2 Å². The van der Waals surface area contributed by atoms with Crippen molar-refractivity contribution in [2.75, 3.05) is 0 Å². The van der Waals surface area contributed by atoms with Crippen molar-refractivity contribution in [1.82, 2.24) is 24.1 Å². The summed E-state index contributed by atoms with van der Waals surface area (Å²) in [6.45, 7) is 1.42. The number of nitrogens with zero attached hydrogens (tertiary/aromatic N) is 6. The van der Waals surface area contributed by atoms with Gasteiger partial charge in [0.05, 0.1) is 77.9 Å². The first-order valence-electron chi connectivity index (χ1n) is 31.0. The summed E-state index contributed by atoms with van der Waals surface area (Å²) in [5.74, 6) is -0.235. The largest absolute Gasteiger partial charge is 0.417 e. The third kappa shape index (κ3) is 13.0. The Hall–Kier alpha value is -12.0. The van der Waals surface area contributed by atoms with Crippen LogP contribution in [0.1, 0.15) is 50.1 Å². The first-order chi connectivity index (χ1) is 49.3. The zero-order valence-electron chi connectivity index (χ0n) is 52.9. The minimum Gasteiger partial charge on any atom is -0.308 e. The molecule has 0 aliphatic carbocycles. The summed E-state index contributed by atoms with van der Waals surface area (Å²) in [5, 5.41) is 11.3. The molecule has 0 radical (unpaired) electrons. The Kier molecular flexibility index (Phi) is 16.6. The number of benzene rings is 11. The Morgan fingerprint density at radius 2 is 0.581 bits per heavy atom. The van der Waals surface area contributed by atoms with Gasteiger partial charge < -0.3 is 9.13 Å². The van der Waals surface area contributed by atoms with Gasteiger partial charge in [-0.1, -0.05) is 121 Å². The average Bonchev–Trinajstić information content (AvgIpc) is 1.55. The molecule has 528 valence electrons. The second-order valence-electron chi connectivity index (χ2n) is 24.4. The molecule has 3 aromatic heterocycles. The summed E-state index contributed by atoms with van der Waals surface area (Å²) < 4.78 is 310. The van der Waals surface area contributed by atoms with Crippen molar-refractivity contribution in [1.29, 1.82) is 5.26 Å². The molecule has 0 amide bonds. The van der Waals surface area contributed by atoms with Gasteiger partial charge in [-0.15, -0.1) is 0 Å². The van der Waals surface area contributed by atoms with Gasteiger partial charge in [0.2, 0.25) is 0 Å². The summed E-state index contributed by atoms with van der Waals surface area (Å²) in [7, 11) is 0. The van der Waals surface area contributed by atoms with Gasteiger partial charge in [0.1, 0.15) is 6.07 Å². The second kappa shape index (κ2) is 24.9. The fraction of sp³-hybridized carbons (Fsp3) is 0.103. The molecule has 3 heterocycles. The van der Waals surface area contributed by atoms with E-state index < -0.39 is 110 Å². The van der Waals surface area contributed by atoms with Crippen LogP contribution in [0.5, 0.6) is 0 Å². The summed E-state index contributed by atoms with van der Waals surface area (Å²) >= 11 is 0. The highest BCUT2D eigenvalue weighted by Crippen LogP contribution is 2.50. The van der Waals surface area contributed by atoms with Crippen LogP contribution in [0.15, 0.2) is 218 Å². The van der Waals surface area contributed by atoms with Crippen LogP contribution in [0.3, 0.4) is 0 Å². The third-order valence-electron chi connectivity index (χ3n) is 17.9. The van der Waals surface area contributed by atoms with E-state index in [9.17, 15) is 44.8 Å². The van der Waals surface area contributed by atoms with Crippen molar-refractivity contribution in [2.24, 2.45) is 0 Å². The molecule has 0 saturated heterocycles. The third-order valence-corrected chi connectivity index (χ3v) is 17.9. The predicted molar refractivity (Wildman–Crippen MR) is 351 cm³/mol. The number of halogens is 21. The molecular weight excluding hydrogens is 1420 g/mol. The van der Waals surface area contributed by atoms with Crippen molar-refractivity contribution >= 4 is 43.6 Å². The maximum atomic E-state index is 15.1. The lowest BCUT2D eigenvalue weighted by Crippen LogP contribution is -2.12. The molecule has 0 aliphatic heterocycles. The van der Waals surface area contributed by atoms with Gasteiger partial charge in [0.15, 0.2) is 17.5 Å². The normalized spacial score (nSPS) is 12.8. The van der Waals surface area contributed by atoms with E-state index in [0.717, 1.165) is 36.4 Å². The average molecular weight is 1460 g/mol. The van der Waals surface area contributed by atoms with E-state index in [1.54, 1.807) is 60.7 Å². The standard InChI is InChI=1S/C78H39F21N6/c1-39-12-20-50(59(28-39)75(88,89)90)42-15-26-65-56(29-42)57-32-45(53-23-19-49(74(85,86)87)36-62(53)78(97,98)99)16-27-66(57)105(65)68-33-46(38-100)67(37-58(68)71-102-69(40-8-4-2-5-9-40)101-70(103-71)41-10-6-3-7-11-41)104-63-24-13-43(51-21-17-47(72(79,80)81)34-60(51)76(91,92)93)30-54(63)55-31-44(14-25-64(55)104)52-22-18-48(73(82,83)84)35-61(52)77(94,95)96/h2-37H,1H3. The molecule has 0 aliphatic rings. The molecule has 0 fully saturated rings. The topological polar surface area (TPSA) is 72.3 Å². The molecule has 0 saturated carbocycles. The lowest BCUT2D eigenvalue weighted by molar-refractivity contribution is -0.144. The summed E-state index contributed by atoms with van der Waals surface area (Å²) in [6.07, 6.45) is -37.1. The van der Waals surface area contributed by atoms with Gasteiger partial charge >= 0.3 is 43.2 Å². The quantitative estimate of drug-likeness (QED) is 0.135. The van der Waals surface area contributed by atoms with Gasteiger partial charge in [0.25, 0.3) is 0 Å². The minimum atomic E-state index is -5.46. The van der Waals surface area contributed by atoms with Crippen LogP contribution < -0.4 is 0 Å². The predicted octanol–water partition coefficient (Wildman–Crippen LogP) is 25.0. The van der Waals surface area contributed by atoms with E-state index in [-0.39, 0.29) is 124 Å². The monoisotopic (exact) mass is 1460 g/mol. The molecule has 11 aromatic carbocycles. The van der Waals surface area contributed by atoms with Gasteiger partial charge in [-0.3, -0.25) is 0 Å². The zero-order valence-corrected chi connectivity index (χ0v) is 52.9. The van der Waals surface area contributed by atoms with Crippen LogP contribution in [0.25, 0.3) is 134 Å². The van der Waals surface area contributed by atoms with Gasteiger partial charge in [-0.2, -0.15) is 97.5 Å². The molecule has 0 unspecified atom stereocenters. The minimum absolute atomic E-state index is 0.00306. The van der Waals surface area contributed by atoms with E-state index in [1.807, 2.05) is 0 Å². The molecule has 0 atom stereocenters. The van der Waals surface area contributed by atoms with Crippen molar-refractivity contribution in [3.8, 4) is 96.1 Å². The molecule has 0 bridgehead atoms. The lowest BCUT2D eigenvalue weighted by Gasteiger charge is -2.19. The molecule has 14 aromatic rings. The highest BCUT2D eigenvalue weighted by Gasteiger charge is 2.43. The molecule has 0 N–H and O–H groups in total. The molecule has 27 heteroatoms. The van der Waals surface area contributed by atoms with Crippen molar-refractivity contribution in [2.45, 2.75) is 50.2 Å². The van der Waals surface area contributed by atoms with E-state index in [0.29, 0.717) is 47.5 Å². The number of rotatable bonds is 9. The molecule has 6 nitrogen and oxygen atoms in total. The number of hydrogen-bond donors (Lipinski definition) is 0. The Bertz CT molecular complexity index is 5700. The smallest absolute Gasteiger partial charge is 0.308 e. The summed E-state index contributed by atoms with van der Waals surface area (Å²) in [6, 6.07) is 41.8. The molecule has 0 spiro atoms. The fourth-order valence-electron chi connectivity index (χ4n) is 13.1. The maximum absolute atomic E-state index is 15.1. The van der Waals surface area contributed by atoms with Gasteiger partial charge in [-0.25, -0.2) is 15.0 Å². The highest BCUT2D eigenvalue weighted by molar-refractivity contribution is 6.14. The zero-order chi connectivity index (χ0) is 75.0. The number of hydrogen-bond acceptors (Lipinski definition) is 4. The van der Waals surface area contributed by atoms with E-state index in [1.165, 1.54) is 82.8 Å². The Labute approximate surface area is 577 Å². The number of aryl methyl sites for hydroxylation is 1. The van der Waals surface area contributed by atoms with Crippen LogP contribution >= 0.6 is 0 Å². The number of nitriles is 1. The lowest BCUT2D eigenvalue weighted by atomic mass is 9.94. The Morgan fingerprint density at radius 3 is 0.895 bits per heavy atom. The fourth-order valence-corrected chi connectivity index (χ4v) is 13.1. The van der Waals surface area contributed by atoms with Crippen LogP contribution in [0.2, 0.25) is 0 Å². The van der Waals surface area contributed by atoms with Gasteiger partial charge in [0, 0.05) is 38.2 Å². The number of fused-ring (bicyclic) bond motifs is 6. The molecule has 14 rings (SSSR count). The van der Waals surface area contributed by atoms with Crippen LogP contribution in [-0.4, -0.2) is 24.1 Å². The van der Waals surface area contributed by atoms with Crippen LogP contribution in [-0.2, 0) is 43.2 Å². The van der Waals surface area contributed by atoms with Gasteiger partial charge in [-0.05, 0) is 155 Å². The Morgan fingerprint density at radius 1 is 0.276 bits per heavy atom. The maximum Gasteiger partial charge on any atom is 0.417 e. The van der Waals surface area contributed by atoms with E-state index in [4.69, 9.17) is 15.0 Å². The van der Waals surface area contributed by atoms with E-state index >= 15 is 52.7 Å². The summed E-state index contributed by atoms with van der Waals surface area (Å²) in [5.41, 5.74) is -15.2. The number of aromatic nitrogens is 5. The Balaban J connectivity index is 1.11. The van der Waals surface area contributed by atoms with Crippen LogP contribution in [0.4, 0.5) is 92.2 Å². The SMILES string of the molecule is Cc1ccc(-c2ccc3c(c2)c2cc(-c4ccc(C(F)(F)F)cc4C(F)(F)F)ccc2n3-c2cc(C#N)c(-n3c4ccc(-c5ccc(C(F)(F)F)cc5C(F)(F)F)cc4c4cc(-c5ccc(C(F)(F)F)cc5C(F)(F)F)ccc43)cc2-c2nc(-c3ccccc3)nc(-c3ccccc3)n2)c(C(F)(F)F)c1. The summed E-state index contributed by atoms with van der Waals surface area (Å²) in [4.78, 5) is 14.8. The highest BCUT2D eigenvalue weighted by atomic mass is 19.4. The molecule has 105 heavy (non-hydrogen) atoms. The second-order valence-corrected chi connectivity index (χ2v) is 24.4.